The number of hydrogen-bond donors (Lipinski definition) is 1. The van der Waals surface area contributed by atoms with Crippen molar-refractivity contribution in [2.24, 2.45) is 0 Å². The van der Waals surface area contributed by atoms with Gasteiger partial charge in [0.2, 0.25) is 5.91 Å². The van der Waals surface area contributed by atoms with Crippen LogP contribution in [0.15, 0.2) is 23.0 Å². The quantitative estimate of drug-likeness (QED) is 0.734. The van der Waals surface area contributed by atoms with Gasteiger partial charge in [-0.3, -0.25) is 4.79 Å². The molecular weight excluding hydrogens is 180 g/mol. The highest BCUT2D eigenvalue weighted by molar-refractivity contribution is 5.78. The first-order valence-electron chi connectivity index (χ1n) is 4.86. The molecule has 1 fully saturated rings. The fourth-order valence-corrected chi connectivity index (χ4v) is 1.59. The maximum absolute atomic E-state index is 11.7. The second-order valence-electron chi connectivity index (χ2n) is 3.44. The van der Waals surface area contributed by atoms with Crippen LogP contribution < -0.4 is 5.32 Å². The Morgan fingerprint density at radius 3 is 2.93 bits per heavy atom. The fourth-order valence-electron chi connectivity index (χ4n) is 1.59. The van der Waals surface area contributed by atoms with Crippen LogP contribution in [0.3, 0.4) is 0 Å². The van der Waals surface area contributed by atoms with Crippen LogP contribution >= 0.6 is 0 Å². The van der Waals surface area contributed by atoms with Crippen LogP contribution in [0, 0.1) is 0 Å². The van der Waals surface area contributed by atoms with E-state index < -0.39 is 0 Å². The molecule has 0 bridgehead atoms. The summed E-state index contributed by atoms with van der Waals surface area (Å²) in [6.07, 6.45) is 3.68. The van der Waals surface area contributed by atoms with Crippen LogP contribution in [0.5, 0.6) is 0 Å². The highest BCUT2D eigenvalue weighted by Gasteiger charge is 2.16. The third kappa shape index (κ3) is 2.14. The van der Waals surface area contributed by atoms with E-state index in [0.29, 0.717) is 6.42 Å². The minimum absolute atomic E-state index is 0.188. The molecule has 1 aliphatic heterocycles. The SMILES string of the molecule is O=C(Cc1ccoc1)N1CCNCC1. The Hall–Kier alpha value is -1.29. The maximum Gasteiger partial charge on any atom is 0.227 e. The van der Waals surface area contributed by atoms with Crippen LogP contribution in [0.25, 0.3) is 0 Å². The molecule has 0 aromatic carbocycles. The summed E-state index contributed by atoms with van der Waals surface area (Å²) in [5.74, 6) is 0.188. The Morgan fingerprint density at radius 2 is 2.29 bits per heavy atom. The van der Waals surface area contributed by atoms with Gasteiger partial charge in [-0.2, -0.15) is 0 Å². The van der Waals surface area contributed by atoms with Crippen molar-refractivity contribution in [3.05, 3.63) is 24.2 Å². The standard InChI is InChI=1S/C10H14N2O2/c13-10(7-9-1-6-14-8-9)12-4-2-11-3-5-12/h1,6,8,11H,2-5,7H2. The highest BCUT2D eigenvalue weighted by atomic mass is 16.3. The van der Waals surface area contributed by atoms with E-state index in [-0.39, 0.29) is 5.91 Å². The van der Waals surface area contributed by atoms with Gasteiger partial charge in [0.05, 0.1) is 18.9 Å². The lowest BCUT2D eigenvalue weighted by Gasteiger charge is -2.27. The predicted molar refractivity (Wildman–Crippen MR) is 51.9 cm³/mol. The smallest absolute Gasteiger partial charge is 0.227 e. The van der Waals surface area contributed by atoms with E-state index in [4.69, 9.17) is 4.42 Å². The second kappa shape index (κ2) is 4.28. The number of furan rings is 1. The molecule has 1 aliphatic rings. The van der Waals surface area contributed by atoms with E-state index in [1.54, 1.807) is 12.5 Å². The molecule has 2 rings (SSSR count). The van der Waals surface area contributed by atoms with E-state index in [1.807, 2.05) is 11.0 Å². The number of carbonyl (C=O) groups is 1. The van der Waals surface area contributed by atoms with Gasteiger partial charge in [-0.05, 0) is 11.6 Å². The molecule has 1 amide bonds. The molecule has 0 atom stereocenters. The van der Waals surface area contributed by atoms with Crippen LogP contribution in [-0.2, 0) is 11.2 Å². The van der Waals surface area contributed by atoms with Crippen LogP contribution in [-0.4, -0.2) is 37.0 Å². The number of carbonyl (C=O) groups excluding carboxylic acids is 1. The van der Waals surface area contributed by atoms with Gasteiger partial charge in [0.15, 0.2) is 0 Å². The van der Waals surface area contributed by atoms with E-state index >= 15 is 0 Å². The number of hydrogen-bond acceptors (Lipinski definition) is 3. The third-order valence-electron chi connectivity index (χ3n) is 2.41. The Morgan fingerprint density at radius 1 is 1.50 bits per heavy atom. The van der Waals surface area contributed by atoms with Gasteiger partial charge in [-0.1, -0.05) is 0 Å². The lowest BCUT2D eigenvalue weighted by atomic mass is 10.2. The van der Waals surface area contributed by atoms with Crippen molar-refractivity contribution in [3.63, 3.8) is 0 Å². The number of amides is 1. The van der Waals surface area contributed by atoms with Crippen molar-refractivity contribution in [1.82, 2.24) is 10.2 Å². The highest BCUT2D eigenvalue weighted by Crippen LogP contribution is 2.04. The van der Waals surface area contributed by atoms with Gasteiger partial charge in [0.1, 0.15) is 0 Å². The van der Waals surface area contributed by atoms with Gasteiger partial charge in [0, 0.05) is 26.2 Å². The molecule has 0 saturated carbocycles. The Kier molecular flexibility index (Phi) is 2.84. The third-order valence-corrected chi connectivity index (χ3v) is 2.41. The van der Waals surface area contributed by atoms with Gasteiger partial charge >= 0.3 is 0 Å². The summed E-state index contributed by atoms with van der Waals surface area (Å²) in [4.78, 5) is 13.6. The fraction of sp³-hybridized carbons (Fsp3) is 0.500. The zero-order valence-electron chi connectivity index (χ0n) is 8.03. The molecule has 1 N–H and O–H groups in total. The maximum atomic E-state index is 11.7. The summed E-state index contributed by atoms with van der Waals surface area (Å²) in [6.45, 7) is 3.43. The van der Waals surface area contributed by atoms with Gasteiger partial charge in [-0.15, -0.1) is 0 Å². The van der Waals surface area contributed by atoms with Crippen molar-refractivity contribution in [2.45, 2.75) is 6.42 Å². The van der Waals surface area contributed by atoms with Crippen molar-refractivity contribution < 1.29 is 9.21 Å². The minimum Gasteiger partial charge on any atom is -0.472 e. The topological polar surface area (TPSA) is 45.5 Å². The van der Waals surface area contributed by atoms with Gasteiger partial charge < -0.3 is 14.6 Å². The predicted octanol–water partition coefficient (Wildman–Crippen LogP) is 0.254. The van der Waals surface area contributed by atoms with E-state index in [2.05, 4.69) is 5.32 Å². The lowest BCUT2D eigenvalue weighted by Crippen LogP contribution is -2.46. The molecule has 4 nitrogen and oxygen atoms in total. The molecule has 0 aliphatic carbocycles. The van der Waals surface area contributed by atoms with Crippen LogP contribution in [0.1, 0.15) is 5.56 Å². The zero-order chi connectivity index (χ0) is 9.80. The van der Waals surface area contributed by atoms with Crippen molar-refractivity contribution >= 4 is 5.91 Å². The van der Waals surface area contributed by atoms with Crippen LogP contribution in [0.4, 0.5) is 0 Å². The normalized spacial score (nSPS) is 17.0. The molecule has 14 heavy (non-hydrogen) atoms. The van der Waals surface area contributed by atoms with Crippen molar-refractivity contribution in [2.75, 3.05) is 26.2 Å². The molecule has 0 unspecified atom stereocenters. The zero-order valence-corrected chi connectivity index (χ0v) is 8.03. The average molecular weight is 194 g/mol. The molecule has 1 aromatic heterocycles. The molecule has 1 aromatic rings. The number of nitrogens with zero attached hydrogens (tertiary/aromatic N) is 1. The molecule has 76 valence electrons. The Labute approximate surface area is 82.9 Å². The molecule has 4 heteroatoms. The van der Waals surface area contributed by atoms with E-state index in [1.165, 1.54) is 0 Å². The summed E-state index contributed by atoms with van der Waals surface area (Å²) in [7, 11) is 0. The summed E-state index contributed by atoms with van der Waals surface area (Å²) < 4.78 is 4.92. The Bertz CT molecular complexity index is 289. The van der Waals surface area contributed by atoms with E-state index in [0.717, 1.165) is 31.7 Å². The van der Waals surface area contributed by atoms with Crippen LogP contribution in [0.2, 0.25) is 0 Å². The Balaban J connectivity index is 1.88. The first kappa shape index (κ1) is 9.27. The molecular formula is C10H14N2O2. The molecule has 2 heterocycles. The summed E-state index contributed by atoms with van der Waals surface area (Å²) in [5.41, 5.74) is 0.952. The lowest BCUT2D eigenvalue weighted by molar-refractivity contribution is -0.131. The molecule has 0 radical (unpaired) electrons. The van der Waals surface area contributed by atoms with Crippen molar-refractivity contribution in [1.29, 1.82) is 0 Å². The van der Waals surface area contributed by atoms with Crippen molar-refractivity contribution in [3.8, 4) is 0 Å². The number of rotatable bonds is 2. The first-order valence-corrected chi connectivity index (χ1v) is 4.86. The summed E-state index contributed by atoms with van der Waals surface area (Å²) in [6, 6.07) is 1.83. The van der Waals surface area contributed by atoms with E-state index in [9.17, 15) is 4.79 Å². The number of nitrogens with one attached hydrogen (secondary N) is 1. The van der Waals surface area contributed by atoms with Gasteiger partial charge in [-0.25, -0.2) is 0 Å². The molecule has 0 spiro atoms. The number of piperazine rings is 1. The average Bonchev–Trinajstić information content (AvgIpc) is 2.72. The monoisotopic (exact) mass is 194 g/mol. The largest absolute Gasteiger partial charge is 0.472 e. The first-order chi connectivity index (χ1) is 6.86. The summed E-state index contributed by atoms with van der Waals surface area (Å²) >= 11 is 0. The molecule has 1 saturated heterocycles. The minimum atomic E-state index is 0.188. The second-order valence-corrected chi connectivity index (χ2v) is 3.44. The van der Waals surface area contributed by atoms with Gasteiger partial charge in [0.25, 0.3) is 0 Å². The summed E-state index contributed by atoms with van der Waals surface area (Å²) in [5, 5.41) is 3.22.